The van der Waals surface area contributed by atoms with Crippen molar-refractivity contribution in [3.63, 3.8) is 0 Å². The Bertz CT molecular complexity index is 414. The quantitative estimate of drug-likeness (QED) is 0.736. The van der Waals surface area contributed by atoms with Crippen molar-refractivity contribution in [3.05, 3.63) is 11.2 Å². The van der Waals surface area contributed by atoms with Gasteiger partial charge in [-0.25, -0.2) is 0 Å². The van der Waals surface area contributed by atoms with Gasteiger partial charge in [0.15, 0.2) is 5.17 Å². The molecule has 112 valence electrons. The fourth-order valence-corrected chi connectivity index (χ4v) is 5.94. The highest BCUT2D eigenvalue weighted by Crippen LogP contribution is 2.62. The lowest BCUT2D eigenvalue weighted by atomic mass is 9.49. The first-order valence-corrected chi connectivity index (χ1v) is 8.46. The van der Waals surface area contributed by atoms with E-state index in [0.29, 0.717) is 5.76 Å². The van der Waals surface area contributed by atoms with Crippen LogP contribution >= 0.6 is 28.7 Å². The van der Waals surface area contributed by atoms with Crippen LogP contribution in [0, 0.1) is 23.2 Å². The normalized spacial score (nSPS) is 42.1. The third kappa shape index (κ3) is 2.52. The molecule has 0 amide bonds. The number of nitrogens with zero attached hydrogens (tertiary/aromatic N) is 1. The lowest BCUT2D eigenvalue weighted by molar-refractivity contribution is -0.0502. The number of allylic oxidation sites excluding steroid dienone is 1. The van der Waals surface area contributed by atoms with Crippen molar-refractivity contribution >= 4 is 33.9 Å². The first-order chi connectivity index (χ1) is 9.23. The zero-order valence-corrected chi connectivity index (χ0v) is 14.2. The molecule has 4 saturated carbocycles. The van der Waals surface area contributed by atoms with Crippen molar-refractivity contribution in [2.75, 3.05) is 13.1 Å². The molecule has 1 heterocycles. The number of amidine groups is 1. The lowest BCUT2D eigenvalue weighted by Gasteiger charge is -2.56. The summed E-state index contributed by atoms with van der Waals surface area (Å²) in [6, 6.07) is 0. The van der Waals surface area contributed by atoms with E-state index in [1.165, 1.54) is 38.5 Å². The fraction of sp³-hybridized carbons (Fsp3) is 0.800. The second kappa shape index (κ2) is 5.56. The topological polar surface area (TPSA) is 44.6 Å². The Morgan fingerprint density at radius 3 is 2.30 bits per heavy atom. The van der Waals surface area contributed by atoms with Crippen LogP contribution in [0.2, 0.25) is 0 Å². The number of nitrogens with one attached hydrogen (secondary N) is 1. The summed E-state index contributed by atoms with van der Waals surface area (Å²) in [7, 11) is 0. The monoisotopic (exact) mass is 358 g/mol. The Kier molecular flexibility index (Phi) is 4.10. The molecule has 0 unspecified atom stereocenters. The van der Waals surface area contributed by atoms with E-state index in [0.717, 1.165) is 36.0 Å². The standard InChI is InChI=1S/C15H22N2OS.BrH/c18-13(9-19-14-16-1-2-17-14)15-6-10-3-11(7-15)5-12(4-10)8-15;/h9-12,18H,1-8H2,(H,16,17);1H. The number of aliphatic hydroxyl groups excluding tert-OH is 1. The molecule has 4 bridgehead atoms. The molecule has 2 N–H and O–H groups in total. The molecule has 0 aromatic heterocycles. The van der Waals surface area contributed by atoms with E-state index in [9.17, 15) is 5.11 Å². The van der Waals surface area contributed by atoms with Crippen molar-refractivity contribution in [1.82, 2.24) is 5.32 Å². The van der Waals surface area contributed by atoms with Gasteiger partial charge in [-0.1, -0.05) is 11.8 Å². The smallest absolute Gasteiger partial charge is 0.161 e. The average molecular weight is 359 g/mol. The number of thioether (sulfide) groups is 1. The lowest BCUT2D eigenvalue weighted by Crippen LogP contribution is -2.46. The maximum Gasteiger partial charge on any atom is 0.161 e. The van der Waals surface area contributed by atoms with Gasteiger partial charge in [-0.05, 0) is 56.3 Å². The van der Waals surface area contributed by atoms with Crippen molar-refractivity contribution in [2.45, 2.75) is 38.5 Å². The molecule has 0 spiro atoms. The van der Waals surface area contributed by atoms with Gasteiger partial charge in [-0.3, -0.25) is 4.99 Å². The molecule has 0 saturated heterocycles. The molecule has 4 fully saturated rings. The van der Waals surface area contributed by atoms with Crippen LogP contribution in [0.1, 0.15) is 38.5 Å². The number of rotatable bonds is 2. The van der Waals surface area contributed by atoms with Crippen molar-refractivity contribution < 1.29 is 5.11 Å². The summed E-state index contributed by atoms with van der Waals surface area (Å²) in [5, 5.41) is 16.8. The zero-order valence-electron chi connectivity index (χ0n) is 11.7. The molecule has 0 aromatic rings. The third-order valence-electron chi connectivity index (χ3n) is 5.51. The number of hydrogen-bond acceptors (Lipinski definition) is 4. The Hall–Kier alpha value is -0.160. The maximum atomic E-state index is 10.6. The number of halogens is 1. The molecule has 0 atom stereocenters. The Labute approximate surface area is 135 Å². The summed E-state index contributed by atoms with van der Waals surface area (Å²) in [4.78, 5) is 4.37. The highest BCUT2D eigenvalue weighted by atomic mass is 79.9. The van der Waals surface area contributed by atoms with E-state index in [2.05, 4.69) is 10.3 Å². The predicted octanol–water partition coefficient (Wildman–Crippen LogP) is 3.87. The van der Waals surface area contributed by atoms with Crippen LogP contribution in [-0.4, -0.2) is 23.4 Å². The summed E-state index contributed by atoms with van der Waals surface area (Å²) in [6.45, 7) is 1.81. The van der Waals surface area contributed by atoms with Crippen molar-refractivity contribution in [3.8, 4) is 0 Å². The van der Waals surface area contributed by atoms with Gasteiger partial charge in [0.2, 0.25) is 0 Å². The minimum atomic E-state index is 0. The Morgan fingerprint density at radius 2 is 1.80 bits per heavy atom. The van der Waals surface area contributed by atoms with Crippen LogP contribution in [0.3, 0.4) is 0 Å². The van der Waals surface area contributed by atoms with Gasteiger partial charge in [-0.15, -0.1) is 17.0 Å². The van der Waals surface area contributed by atoms with E-state index < -0.39 is 0 Å². The first kappa shape index (κ1) is 14.8. The van der Waals surface area contributed by atoms with E-state index in [-0.39, 0.29) is 22.4 Å². The summed E-state index contributed by atoms with van der Waals surface area (Å²) in [5.41, 5.74) is 0.126. The van der Waals surface area contributed by atoms with Gasteiger partial charge in [0.25, 0.3) is 0 Å². The largest absolute Gasteiger partial charge is 0.511 e. The third-order valence-corrected chi connectivity index (χ3v) is 6.35. The van der Waals surface area contributed by atoms with Crippen LogP contribution in [0.25, 0.3) is 0 Å². The summed E-state index contributed by atoms with van der Waals surface area (Å²) < 4.78 is 0. The molecule has 3 nitrogen and oxygen atoms in total. The van der Waals surface area contributed by atoms with Gasteiger partial charge in [0.05, 0.1) is 6.54 Å². The van der Waals surface area contributed by atoms with Gasteiger partial charge in [0, 0.05) is 17.4 Å². The molecule has 5 rings (SSSR count). The summed E-state index contributed by atoms with van der Waals surface area (Å²) in [6.07, 6.45) is 7.95. The second-order valence-electron chi connectivity index (χ2n) is 6.93. The summed E-state index contributed by atoms with van der Waals surface area (Å²) >= 11 is 1.57. The van der Waals surface area contributed by atoms with Gasteiger partial charge in [-0.2, -0.15) is 0 Å². The van der Waals surface area contributed by atoms with Crippen LogP contribution in [0.15, 0.2) is 16.2 Å². The second-order valence-corrected chi connectivity index (χ2v) is 7.79. The SMILES string of the molecule is Br.OC(=CSC1=NCCN1)C12CC3CC(CC(C3)C1)C2. The van der Waals surface area contributed by atoms with Crippen LogP contribution in [-0.2, 0) is 0 Å². The van der Waals surface area contributed by atoms with E-state index in [1.807, 2.05) is 5.41 Å². The number of aliphatic imine (C=N–C) groups is 1. The molecule has 5 aliphatic rings. The van der Waals surface area contributed by atoms with E-state index in [1.54, 1.807) is 11.8 Å². The van der Waals surface area contributed by atoms with Crippen LogP contribution in [0.4, 0.5) is 0 Å². The van der Waals surface area contributed by atoms with Crippen LogP contribution < -0.4 is 5.32 Å². The average Bonchev–Trinajstić information content (AvgIpc) is 2.87. The van der Waals surface area contributed by atoms with Crippen LogP contribution in [0.5, 0.6) is 0 Å². The number of hydrogen-bond donors (Lipinski definition) is 2. The maximum absolute atomic E-state index is 10.6. The van der Waals surface area contributed by atoms with Gasteiger partial charge in [0.1, 0.15) is 5.76 Å². The molecular weight excluding hydrogens is 336 g/mol. The van der Waals surface area contributed by atoms with Crippen molar-refractivity contribution in [1.29, 1.82) is 0 Å². The fourth-order valence-electron chi connectivity index (χ4n) is 5.12. The number of aliphatic hydroxyl groups is 1. The first-order valence-electron chi connectivity index (χ1n) is 7.58. The molecular formula is C15H23BrN2OS. The Morgan fingerprint density at radius 1 is 1.20 bits per heavy atom. The molecule has 0 aromatic carbocycles. The van der Waals surface area contributed by atoms with Crippen molar-refractivity contribution in [2.24, 2.45) is 28.2 Å². The predicted molar refractivity (Wildman–Crippen MR) is 89.5 cm³/mol. The molecule has 20 heavy (non-hydrogen) atoms. The highest BCUT2D eigenvalue weighted by Gasteiger charge is 2.52. The summed E-state index contributed by atoms with van der Waals surface area (Å²) in [5.74, 6) is 3.30. The van der Waals surface area contributed by atoms with E-state index >= 15 is 0 Å². The highest BCUT2D eigenvalue weighted by molar-refractivity contribution is 8.93. The zero-order chi connectivity index (χ0) is 12.9. The van der Waals surface area contributed by atoms with Gasteiger partial charge >= 0.3 is 0 Å². The molecule has 4 aliphatic carbocycles. The minimum Gasteiger partial charge on any atom is -0.511 e. The molecule has 1 aliphatic heterocycles. The van der Waals surface area contributed by atoms with E-state index in [4.69, 9.17) is 0 Å². The van der Waals surface area contributed by atoms with Gasteiger partial charge < -0.3 is 10.4 Å². The Balaban J connectivity index is 0.00000121. The molecule has 5 heteroatoms. The minimum absolute atomic E-state index is 0. The molecule has 0 radical (unpaired) electrons.